The molecule has 0 aliphatic heterocycles. The van der Waals surface area contributed by atoms with Crippen molar-refractivity contribution in [3.05, 3.63) is 35.9 Å². The highest BCUT2D eigenvalue weighted by Crippen LogP contribution is 2.04. The van der Waals surface area contributed by atoms with Crippen molar-refractivity contribution in [1.82, 2.24) is 10.6 Å². The lowest BCUT2D eigenvalue weighted by Crippen LogP contribution is -2.45. The Bertz CT molecular complexity index is 365. The largest absolute Gasteiger partial charge is 0.355 e. The minimum atomic E-state index is -0.126. The van der Waals surface area contributed by atoms with Crippen molar-refractivity contribution in [2.45, 2.75) is 52.0 Å². The number of amides is 1. The number of hydrogen-bond donors (Lipinski definition) is 2. The van der Waals surface area contributed by atoms with E-state index in [1.807, 2.05) is 25.1 Å². The van der Waals surface area contributed by atoms with Gasteiger partial charge in [0.25, 0.3) is 0 Å². The predicted molar refractivity (Wildman–Crippen MR) is 84.8 cm³/mol. The number of likely N-dealkylation sites (N-methyl/N-ethyl adjacent to an activating group) is 1. The van der Waals surface area contributed by atoms with Gasteiger partial charge in [-0.1, -0.05) is 56.5 Å². The van der Waals surface area contributed by atoms with E-state index in [2.05, 4.69) is 29.7 Å². The first-order valence-electron chi connectivity index (χ1n) is 7.83. The Morgan fingerprint density at radius 2 is 1.85 bits per heavy atom. The Balaban J connectivity index is 2.45. The molecular formula is C17H28N2O. The number of carbonyl (C=O) groups is 1. The lowest BCUT2D eigenvalue weighted by atomic mass is 10.0. The van der Waals surface area contributed by atoms with Crippen LogP contribution in [0.2, 0.25) is 0 Å². The Hall–Kier alpha value is -1.35. The standard InChI is InChI=1S/C17H28N2O/c1-3-5-6-10-13-19-16(17(20)18-4-2)14-15-11-8-7-9-12-15/h7-9,11-12,16,19H,3-6,10,13-14H2,1-2H3,(H,18,20)/t16-/m0/s1. The van der Waals surface area contributed by atoms with Gasteiger partial charge in [0.05, 0.1) is 6.04 Å². The molecule has 1 atom stereocenters. The summed E-state index contributed by atoms with van der Waals surface area (Å²) < 4.78 is 0. The van der Waals surface area contributed by atoms with E-state index in [4.69, 9.17) is 0 Å². The van der Waals surface area contributed by atoms with E-state index in [-0.39, 0.29) is 11.9 Å². The molecule has 0 saturated heterocycles. The number of benzene rings is 1. The molecule has 0 heterocycles. The van der Waals surface area contributed by atoms with E-state index in [9.17, 15) is 4.79 Å². The van der Waals surface area contributed by atoms with E-state index in [0.29, 0.717) is 6.54 Å². The van der Waals surface area contributed by atoms with Gasteiger partial charge in [-0.15, -0.1) is 0 Å². The number of carbonyl (C=O) groups excluding carboxylic acids is 1. The maximum Gasteiger partial charge on any atom is 0.237 e. The Morgan fingerprint density at radius 1 is 1.10 bits per heavy atom. The molecule has 1 aromatic carbocycles. The molecular weight excluding hydrogens is 248 g/mol. The van der Waals surface area contributed by atoms with Crippen molar-refractivity contribution in [3.8, 4) is 0 Å². The zero-order chi connectivity index (χ0) is 14.6. The zero-order valence-electron chi connectivity index (χ0n) is 12.8. The minimum Gasteiger partial charge on any atom is -0.355 e. The van der Waals surface area contributed by atoms with Crippen molar-refractivity contribution < 1.29 is 4.79 Å². The molecule has 0 saturated carbocycles. The Kier molecular flexibility index (Phi) is 8.72. The molecule has 0 aromatic heterocycles. The van der Waals surface area contributed by atoms with Crippen molar-refractivity contribution in [1.29, 1.82) is 0 Å². The average Bonchev–Trinajstić information content (AvgIpc) is 2.47. The fourth-order valence-electron chi connectivity index (χ4n) is 2.23. The molecule has 2 N–H and O–H groups in total. The topological polar surface area (TPSA) is 41.1 Å². The highest BCUT2D eigenvalue weighted by atomic mass is 16.2. The van der Waals surface area contributed by atoms with Gasteiger partial charge in [0.15, 0.2) is 0 Å². The van der Waals surface area contributed by atoms with Crippen LogP contribution in [0.3, 0.4) is 0 Å². The van der Waals surface area contributed by atoms with Gasteiger partial charge in [0.2, 0.25) is 5.91 Å². The lowest BCUT2D eigenvalue weighted by molar-refractivity contribution is -0.123. The average molecular weight is 276 g/mol. The number of hydrogen-bond acceptors (Lipinski definition) is 2. The molecule has 0 aliphatic carbocycles. The lowest BCUT2D eigenvalue weighted by Gasteiger charge is -2.18. The summed E-state index contributed by atoms with van der Waals surface area (Å²) in [6.07, 6.45) is 5.63. The zero-order valence-corrected chi connectivity index (χ0v) is 12.8. The van der Waals surface area contributed by atoms with E-state index in [0.717, 1.165) is 19.4 Å². The number of rotatable bonds is 10. The summed E-state index contributed by atoms with van der Waals surface area (Å²) in [5.41, 5.74) is 1.20. The fourth-order valence-corrected chi connectivity index (χ4v) is 2.23. The van der Waals surface area contributed by atoms with E-state index >= 15 is 0 Å². The van der Waals surface area contributed by atoms with Gasteiger partial charge in [0.1, 0.15) is 0 Å². The van der Waals surface area contributed by atoms with Crippen LogP contribution >= 0.6 is 0 Å². The second kappa shape index (κ2) is 10.4. The van der Waals surface area contributed by atoms with Crippen LogP contribution in [0.4, 0.5) is 0 Å². The van der Waals surface area contributed by atoms with Gasteiger partial charge >= 0.3 is 0 Å². The van der Waals surface area contributed by atoms with Gasteiger partial charge in [-0.3, -0.25) is 4.79 Å². The molecule has 1 rings (SSSR count). The second-order valence-electron chi connectivity index (χ2n) is 5.15. The normalized spacial score (nSPS) is 12.1. The summed E-state index contributed by atoms with van der Waals surface area (Å²) in [6.45, 7) is 5.76. The summed E-state index contributed by atoms with van der Waals surface area (Å²) >= 11 is 0. The first-order chi connectivity index (χ1) is 9.77. The first kappa shape index (κ1) is 16.7. The van der Waals surface area contributed by atoms with Crippen molar-refractivity contribution in [2.24, 2.45) is 0 Å². The maximum atomic E-state index is 12.1. The summed E-state index contributed by atoms with van der Waals surface area (Å²) in [5, 5.41) is 6.32. The molecule has 112 valence electrons. The molecule has 3 nitrogen and oxygen atoms in total. The van der Waals surface area contributed by atoms with E-state index in [1.165, 1.54) is 24.8 Å². The molecule has 20 heavy (non-hydrogen) atoms. The SMILES string of the molecule is CCCCCCN[C@@H](Cc1ccccc1)C(=O)NCC. The first-order valence-corrected chi connectivity index (χ1v) is 7.83. The summed E-state index contributed by atoms with van der Waals surface area (Å²) in [4.78, 5) is 12.1. The quantitative estimate of drug-likeness (QED) is 0.645. The van der Waals surface area contributed by atoms with Crippen LogP contribution in [0.25, 0.3) is 0 Å². The number of unbranched alkanes of at least 4 members (excludes halogenated alkanes) is 3. The number of nitrogens with one attached hydrogen (secondary N) is 2. The summed E-state index contributed by atoms with van der Waals surface area (Å²) in [6, 6.07) is 10.1. The Morgan fingerprint density at radius 3 is 2.50 bits per heavy atom. The van der Waals surface area contributed by atoms with E-state index < -0.39 is 0 Å². The van der Waals surface area contributed by atoms with Crippen LogP contribution in [0.15, 0.2) is 30.3 Å². The highest BCUT2D eigenvalue weighted by molar-refractivity contribution is 5.82. The van der Waals surface area contributed by atoms with Gasteiger partial charge in [0, 0.05) is 6.54 Å². The molecule has 1 amide bonds. The monoisotopic (exact) mass is 276 g/mol. The molecule has 1 aromatic rings. The van der Waals surface area contributed by atoms with Crippen LogP contribution in [-0.4, -0.2) is 25.0 Å². The molecule has 0 unspecified atom stereocenters. The smallest absolute Gasteiger partial charge is 0.237 e. The third-order valence-electron chi connectivity index (χ3n) is 3.37. The molecule has 0 spiro atoms. The molecule has 0 aliphatic rings. The summed E-state index contributed by atoms with van der Waals surface area (Å²) in [7, 11) is 0. The highest BCUT2D eigenvalue weighted by Gasteiger charge is 2.17. The van der Waals surface area contributed by atoms with Gasteiger partial charge in [-0.05, 0) is 31.9 Å². The minimum absolute atomic E-state index is 0.104. The van der Waals surface area contributed by atoms with Crippen LogP contribution in [-0.2, 0) is 11.2 Å². The van der Waals surface area contributed by atoms with E-state index in [1.54, 1.807) is 0 Å². The van der Waals surface area contributed by atoms with Gasteiger partial charge < -0.3 is 10.6 Å². The van der Waals surface area contributed by atoms with Crippen molar-refractivity contribution >= 4 is 5.91 Å². The van der Waals surface area contributed by atoms with Crippen LogP contribution < -0.4 is 10.6 Å². The molecule has 0 radical (unpaired) electrons. The molecule has 0 fully saturated rings. The van der Waals surface area contributed by atoms with Gasteiger partial charge in [-0.2, -0.15) is 0 Å². The maximum absolute atomic E-state index is 12.1. The van der Waals surface area contributed by atoms with Gasteiger partial charge in [-0.25, -0.2) is 0 Å². The van der Waals surface area contributed by atoms with Crippen molar-refractivity contribution in [2.75, 3.05) is 13.1 Å². The predicted octanol–water partition coefficient (Wildman–Crippen LogP) is 2.90. The van der Waals surface area contributed by atoms with Crippen molar-refractivity contribution in [3.63, 3.8) is 0 Å². The molecule has 0 bridgehead atoms. The third kappa shape index (κ3) is 6.71. The summed E-state index contributed by atoms with van der Waals surface area (Å²) in [5.74, 6) is 0.104. The Labute approximate surface area is 123 Å². The molecule has 3 heteroatoms. The van der Waals surface area contributed by atoms with Crippen LogP contribution in [0.5, 0.6) is 0 Å². The van der Waals surface area contributed by atoms with Crippen LogP contribution in [0, 0.1) is 0 Å². The van der Waals surface area contributed by atoms with Crippen LogP contribution in [0.1, 0.15) is 45.1 Å². The third-order valence-corrected chi connectivity index (χ3v) is 3.37. The fraction of sp³-hybridized carbons (Fsp3) is 0.588. The second-order valence-corrected chi connectivity index (χ2v) is 5.15.